The minimum atomic E-state index is -4.44. The molecule has 0 aliphatic heterocycles. The van der Waals surface area contributed by atoms with Crippen molar-refractivity contribution in [1.82, 2.24) is 5.32 Å². The zero-order valence-electron chi connectivity index (χ0n) is 11.8. The van der Waals surface area contributed by atoms with Crippen molar-refractivity contribution in [3.63, 3.8) is 0 Å². The van der Waals surface area contributed by atoms with Gasteiger partial charge in [0.15, 0.2) is 0 Å². The molecule has 1 atom stereocenters. The van der Waals surface area contributed by atoms with E-state index in [2.05, 4.69) is 5.32 Å². The van der Waals surface area contributed by atoms with Crippen LogP contribution in [0.1, 0.15) is 37.3 Å². The standard InChI is InChI=1S/C15H19F3N2O/c1-14(13(19)21,20-9-10-4-2-5-10)11-6-3-7-12(8-11)15(16,17)18/h3,6-8,10,20H,2,4-5,9H2,1H3,(H2,19,21). The molecule has 2 rings (SSSR count). The molecule has 1 unspecified atom stereocenters. The second-order valence-electron chi connectivity index (χ2n) is 5.75. The van der Waals surface area contributed by atoms with E-state index >= 15 is 0 Å². The predicted molar refractivity (Wildman–Crippen MR) is 73.3 cm³/mol. The molecule has 0 aromatic heterocycles. The first-order valence-corrected chi connectivity index (χ1v) is 6.96. The van der Waals surface area contributed by atoms with Crippen molar-refractivity contribution < 1.29 is 18.0 Å². The molecule has 0 radical (unpaired) electrons. The van der Waals surface area contributed by atoms with Crippen LogP contribution in [0.2, 0.25) is 0 Å². The molecule has 1 aliphatic carbocycles. The van der Waals surface area contributed by atoms with Crippen molar-refractivity contribution in [1.29, 1.82) is 0 Å². The van der Waals surface area contributed by atoms with Crippen LogP contribution in [0.5, 0.6) is 0 Å². The van der Waals surface area contributed by atoms with Gasteiger partial charge in [-0.25, -0.2) is 0 Å². The highest BCUT2D eigenvalue weighted by Crippen LogP contribution is 2.33. The summed E-state index contributed by atoms with van der Waals surface area (Å²) >= 11 is 0. The highest BCUT2D eigenvalue weighted by atomic mass is 19.4. The Morgan fingerprint density at radius 1 is 1.33 bits per heavy atom. The van der Waals surface area contributed by atoms with Crippen LogP contribution in [0.15, 0.2) is 24.3 Å². The van der Waals surface area contributed by atoms with Crippen LogP contribution in [0.25, 0.3) is 0 Å². The fourth-order valence-electron chi connectivity index (χ4n) is 2.38. The van der Waals surface area contributed by atoms with Gasteiger partial charge in [-0.2, -0.15) is 13.2 Å². The van der Waals surface area contributed by atoms with Gasteiger partial charge >= 0.3 is 6.18 Å². The topological polar surface area (TPSA) is 55.1 Å². The molecule has 0 saturated heterocycles. The average Bonchev–Trinajstić information content (AvgIpc) is 2.35. The van der Waals surface area contributed by atoms with Gasteiger partial charge < -0.3 is 5.73 Å². The number of halogens is 3. The molecule has 0 heterocycles. The molecule has 21 heavy (non-hydrogen) atoms. The number of hydrogen-bond donors (Lipinski definition) is 2. The second-order valence-corrected chi connectivity index (χ2v) is 5.75. The zero-order chi connectivity index (χ0) is 15.7. The highest BCUT2D eigenvalue weighted by molar-refractivity contribution is 5.85. The second kappa shape index (κ2) is 5.67. The van der Waals surface area contributed by atoms with Crippen molar-refractivity contribution in [3.05, 3.63) is 35.4 Å². The van der Waals surface area contributed by atoms with Gasteiger partial charge in [0.1, 0.15) is 5.54 Å². The Kier molecular flexibility index (Phi) is 4.27. The number of amides is 1. The van der Waals surface area contributed by atoms with Crippen molar-refractivity contribution in [2.45, 2.75) is 37.9 Å². The van der Waals surface area contributed by atoms with E-state index in [0.29, 0.717) is 12.5 Å². The third-order valence-electron chi connectivity index (χ3n) is 4.23. The van der Waals surface area contributed by atoms with Crippen LogP contribution in [0.4, 0.5) is 13.2 Å². The van der Waals surface area contributed by atoms with E-state index in [1.165, 1.54) is 19.1 Å². The number of carbonyl (C=O) groups is 1. The van der Waals surface area contributed by atoms with E-state index < -0.39 is 23.2 Å². The summed E-state index contributed by atoms with van der Waals surface area (Å²) in [5.74, 6) is -0.212. The van der Waals surface area contributed by atoms with E-state index in [4.69, 9.17) is 5.73 Å². The number of nitrogens with one attached hydrogen (secondary N) is 1. The summed E-state index contributed by atoms with van der Waals surface area (Å²) in [6.07, 6.45) is -1.14. The van der Waals surface area contributed by atoms with Crippen molar-refractivity contribution in [2.24, 2.45) is 11.7 Å². The summed E-state index contributed by atoms with van der Waals surface area (Å²) in [6, 6.07) is 4.76. The first-order chi connectivity index (χ1) is 9.73. The summed E-state index contributed by atoms with van der Waals surface area (Å²) in [5.41, 5.74) is 3.59. The van der Waals surface area contributed by atoms with Crippen molar-refractivity contribution in [3.8, 4) is 0 Å². The maximum atomic E-state index is 12.8. The molecular formula is C15H19F3N2O. The third-order valence-corrected chi connectivity index (χ3v) is 4.23. The number of benzene rings is 1. The number of alkyl halides is 3. The van der Waals surface area contributed by atoms with Gasteiger partial charge in [-0.05, 0) is 49.9 Å². The molecular weight excluding hydrogens is 281 g/mol. The summed E-state index contributed by atoms with van der Waals surface area (Å²) < 4.78 is 38.4. The van der Waals surface area contributed by atoms with Gasteiger partial charge in [0.05, 0.1) is 5.56 Å². The SMILES string of the molecule is CC(NCC1CCC1)(C(N)=O)c1cccc(C(F)(F)F)c1. The molecule has 6 heteroatoms. The maximum Gasteiger partial charge on any atom is 0.416 e. The Bertz CT molecular complexity index is 526. The Hall–Kier alpha value is -1.56. The first-order valence-electron chi connectivity index (χ1n) is 6.96. The molecule has 1 aliphatic rings. The van der Waals surface area contributed by atoms with Crippen molar-refractivity contribution in [2.75, 3.05) is 6.54 Å². The molecule has 0 spiro atoms. The van der Waals surface area contributed by atoms with E-state index in [-0.39, 0.29) is 5.56 Å². The number of hydrogen-bond acceptors (Lipinski definition) is 2. The summed E-state index contributed by atoms with van der Waals surface area (Å²) in [6.45, 7) is 2.11. The van der Waals surface area contributed by atoms with E-state index in [1.54, 1.807) is 0 Å². The number of primary amides is 1. The molecule has 1 amide bonds. The summed E-state index contributed by atoms with van der Waals surface area (Å²) in [7, 11) is 0. The van der Waals surface area contributed by atoms with Gasteiger partial charge in [0.2, 0.25) is 5.91 Å². The van der Waals surface area contributed by atoms with E-state index in [9.17, 15) is 18.0 Å². The molecule has 3 N–H and O–H groups in total. The lowest BCUT2D eigenvalue weighted by Crippen LogP contribution is -2.52. The average molecular weight is 300 g/mol. The summed E-state index contributed by atoms with van der Waals surface area (Å²) in [5, 5.41) is 3.05. The smallest absolute Gasteiger partial charge is 0.368 e. The van der Waals surface area contributed by atoms with Gasteiger partial charge in [-0.1, -0.05) is 18.6 Å². The lowest BCUT2D eigenvalue weighted by molar-refractivity contribution is -0.138. The zero-order valence-corrected chi connectivity index (χ0v) is 11.8. The molecule has 1 aromatic carbocycles. The van der Waals surface area contributed by atoms with E-state index in [1.807, 2.05) is 0 Å². The van der Waals surface area contributed by atoms with Gasteiger partial charge in [0.25, 0.3) is 0 Å². The molecule has 1 saturated carbocycles. The number of nitrogens with two attached hydrogens (primary N) is 1. The molecule has 1 aromatic rings. The largest absolute Gasteiger partial charge is 0.416 e. The molecule has 0 bridgehead atoms. The first kappa shape index (κ1) is 15.8. The van der Waals surface area contributed by atoms with Crippen LogP contribution >= 0.6 is 0 Å². The summed E-state index contributed by atoms with van der Waals surface area (Å²) in [4.78, 5) is 11.8. The molecule has 3 nitrogen and oxygen atoms in total. The fraction of sp³-hybridized carbons (Fsp3) is 0.533. The number of rotatable bonds is 5. The maximum absolute atomic E-state index is 12.8. The van der Waals surface area contributed by atoms with Crippen LogP contribution in [0, 0.1) is 5.92 Å². The van der Waals surface area contributed by atoms with Gasteiger partial charge in [0, 0.05) is 0 Å². The van der Waals surface area contributed by atoms with Gasteiger partial charge in [-0.15, -0.1) is 0 Å². The Morgan fingerprint density at radius 2 is 1.95 bits per heavy atom. The van der Waals surface area contributed by atoms with Crippen molar-refractivity contribution >= 4 is 5.91 Å². The minimum Gasteiger partial charge on any atom is -0.368 e. The Labute approximate surface area is 121 Å². The predicted octanol–water partition coefficient (Wildman–Crippen LogP) is 2.80. The minimum absolute atomic E-state index is 0.240. The van der Waals surface area contributed by atoms with Gasteiger partial charge in [-0.3, -0.25) is 10.1 Å². The van der Waals surface area contributed by atoms with Crippen LogP contribution in [0.3, 0.4) is 0 Å². The van der Waals surface area contributed by atoms with Crippen LogP contribution < -0.4 is 11.1 Å². The lowest BCUT2D eigenvalue weighted by Gasteiger charge is -2.33. The fourth-order valence-corrected chi connectivity index (χ4v) is 2.38. The molecule has 1 fully saturated rings. The highest BCUT2D eigenvalue weighted by Gasteiger charge is 2.37. The Morgan fingerprint density at radius 3 is 2.43 bits per heavy atom. The van der Waals surface area contributed by atoms with E-state index in [0.717, 1.165) is 31.4 Å². The number of carbonyl (C=O) groups excluding carboxylic acids is 1. The van der Waals surface area contributed by atoms with Crippen LogP contribution in [-0.2, 0) is 16.5 Å². The molecule has 116 valence electrons. The Balaban J connectivity index is 2.26. The normalized spacial score (nSPS) is 18.9. The van der Waals surface area contributed by atoms with Crippen LogP contribution in [-0.4, -0.2) is 12.5 Å². The quantitative estimate of drug-likeness (QED) is 0.878. The monoisotopic (exact) mass is 300 g/mol. The third kappa shape index (κ3) is 3.37. The lowest BCUT2D eigenvalue weighted by atomic mass is 9.83.